The lowest BCUT2D eigenvalue weighted by Crippen LogP contribution is -2.54. The smallest absolute Gasteiger partial charge is 0.266 e. The van der Waals surface area contributed by atoms with E-state index < -0.39 is 17.6 Å². The van der Waals surface area contributed by atoms with Gasteiger partial charge in [0.2, 0.25) is 5.90 Å². The second kappa shape index (κ2) is 16.4. The van der Waals surface area contributed by atoms with Crippen LogP contribution in [0.25, 0.3) is 10.4 Å². The Morgan fingerprint density at radius 3 is 2.50 bits per heavy atom. The first-order chi connectivity index (χ1) is 23.5. The maximum absolute atomic E-state index is 14.5. The predicted molar refractivity (Wildman–Crippen MR) is 179 cm³/mol. The topological polar surface area (TPSA) is 150 Å². The summed E-state index contributed by atoms with van der Waals surface area (Å²) in [6.07, 6.45) is 0.0429. The van der Waals surface area contributed by atoms with Crippen LogP contribution in [0.15, 0.2) is 107 Å². The monoisotopic (exact) mass is 652 g/mol. The largest absolute Gasteiger partial charge is 0.497 e. The molecule has 48 heavy (non-hydrogen) atoms. The Kier molecular flexibility index (Phi) is 11.6. The van der Waals surface area contributed by atoms with Crippen LogP contribution in [0.5, 0.6) is 11.5 Å². The van der Waals surface area contributed by atoms with E-state index in [-0.39, 0.29) is 37.8 Å². The minimum Gasteiger partial charge on any atom is -0.497 e. The van der Waals surface area contributed by atoms with Crippen molar-refractivity contribution in [3.8, 4) is 11.5 Å². The number of aliphatic hydroxyl groups is 1. The summed E-state index contributed by atoms with van der Waals surface area (Å²) in [5.74, 6) is 0.653. The molecule has 0 aliphatic carbocycles. The summed E-state index contributed by atoms with van der Waals surface area (Å²) in [5.41, 5.74) is 16.6. The number of aliphatic hydroxyl groups excluding tert-OH is 1. The Hall–Kier alpha value is -5.42. The third kappa shape index (κ3) is 8.10. The summed E-state index contributed by atoms with van der Waals surface area (Å²) >= 11 is 0. The molecule has 4 aromatic carbocycles. The normalized spacial score (nSPS) is 16.7. The average Bonchev–Trinajstić information content (AvgIpc) is 3.51. The molecule has 4 aromatic rings. The van der Waals surface area contributed by atoms with Gasteiger partial charge in [-0.05, 0) is 76.7 Å². The molecule has 3 N–H and O–H groups in total. The van der Waals surface area contributed by atoms with Crippen molar-refractivity contribution in [3.63, 3.8) is 0 Å². The fourth-order valence-electron chi connectivity index (χ4n) is 5.52. The van der Waals surface area contributed by atoms with Crippen LogP contribution in [0.1, 0.15) is 40.3 Å². The quantitative estimate of drug-likeness (QED) is 0.0460. The number of hydrogen-bond acceptors (Lipinski definition) is 8. The summed E-state index contributed by atoms with van der Waals surface area (Å²) < 4.78 is 32.0. The van der Waals surface area contributed by atoms with Gasteiger partial charge in [-0.2, -0.15) is 0 Å². The van der Waals surface area contributed by atoms with Crippen molar-refractivity contribution < 1.29 is 28.5 Å². The van der Waals surface area contributed by atoms with Crippen LogP contribution in [-0.4, -0.2) is 49.3 Å². The van der Waals surface area contributed by atoms with Gasteiger partial charge in [-0.3, -0.25) is 10.2 Å². The minimum absolute atomic E-state index is 0.0303. The highest BCUT2D eigenvalue weighted by atomic mass is 19.1. The van der Waals surface area contributed by atoms with Crippen molar-refractivity contribution in [1.29, 1.82) is 0 Å². The van der Waals surface area contributed by atoms with E-state index in [9.17, 15) is 9.18 Å². The highest BCUT2D eigenvalue weighted by Gasteiger charge is 2.53. The average molecular weight is 653 g/mol. The number of methoxy groups -OCH3 is 1. The summed E-state index contributed by atoms with van der Waals surface area (Å²) in [7, 11) is 1.56. The molecular weight excluding hydrogens is 615 g/mol. The molecule has 0 aromatic heterocycles. The van der Waals surface area contributed by atoms with Gasteiger partial charge in [0.1, 0.15) is 17.3 Å². The van der Waals surface area contributed by atoms with Crippen molar-refractivity contribution in [2.45, 2.75) is 37.5 Å². The van der Waals surface area contributed by atoms with Gasteiger partial charge in [0, 0.05) is 36.5 Å². The molecule has 0 bridgehead atoms. The number of nitrogens with one attached hydrogen (secondary N) is 2. The molecule has 0 saturated heterocycles. The fourth-order valence-corrected chi connectivity index (χ4v) is 5.52. The van der Waals surface area contributed by atoms with Gasteiger partial charge in [-0.25, -0.2) is 14.8 Å². The van der Waals surface area contributed by atoms with E-state index in [0.29, 0.717) is 47.6 Å². The van der Waals surface area contributed by atoms with Crippen molar-refractivity contribution in [3.05, 3.63) is 141 Å². The fraction of sp³-hybridized carbons (Fsp3) is 0.278. The molecule has 1 heterocycles. The van der Waals surface area contributed by atoms with Crippen LogP contribution >= 0.6 is 0 Å². The number of halogens is 1. The highest BCUT2D eigenvalue weighted by Crippen LogP contribution is 2.43. The van der Waals surface area contributed by atoms with Gasteiger partial charge in [0.25, 0.3) is 5.91 Å². The number of ether oxygens (including phenoxy) is 3. The molecule has 0 radical (unpaired) electrons. The molecule has 0 unspecified atom stereocenters. The van der Waals surface area contributed by atoms with Gasteiger partial charge < -0.3 is 19.3 Å². The Bertz CT molecular complexity index is 1780. The Labute approximate surface area is 278 Å². The first kappa shape index (κ1) is 33.9. The van der Waals surface area contributed by atoms with Crippen molar-refractivity contribution in [2.24, 2.45) is 10.1 Å². The van der Waals surface area contributed by atoms with E-state index in [4.69, 9.17) is 29.8 Å². The van der Waals surface area contributed by atoms with Crippen LogP contribution < -0.4 is 20.3 Å². The number of azide groups is 1. The Morgan fingerprint density at radius 2 is 1.77 bits per heavy atom. The van der Waals surface area contributed by atoms with E-state index in [2.05, 4.69) is 20.9 Å². The Morgan fingerprint density at radius 1 is 1.02 bits per heavy atom. The van der Waals surface area contributed by atoms with E-state index in [0.717, 1.165) is 11.1 Å². The number of hydrogen-bond donors (Lipinski definition) is 3. The van der Waals surface area contributed by atoms with E-state index >= 15 is 0 Å². The lowest BCUT2D eigenvalue weighted by atomic mass is 9.81. The van der Waals surface area contributed by atoms with Crippen molar-refractivity contribution in [1.82, 2.24) is 10.9 Å². The zero-order valence-corrected chi connectivity index (χ0v) is 26.5. The maximum atomic E-state index is 14.5. The van der Waals surface area contributed by atoms with Gasteiger partial charge in [-0.1, -0.05) is 59.7 Å². The van der Waals surface area contributed by atoms with Gasteiger partial charge in [-0.15, -0.1) is 0 Å². The molecule has 248 valence electrons. The first-order valence-corrected chi connectivity index (χ1v) is 15.6. The van der Waals surface area contributed by atoms with Crippen molar-refractivity contribution in [2.75, 3.05) is 26.9 Å². The molecule has 0 fully saturated rings. The van der Waals surface area contributed by atoms with Gasteiger partial charge in [0.05, 0.1) is 20.3 Å². The maximum Gasteiger partial charge on any atom is 0.266 e. The molecule has 2 atom stereocenters. The van der Waals surface area contributed by atoms with Crippen LogP contribution in [0, 0.1) is 5.82 Å². The molecule has 11 nitrogen and oxygen atoms in total. The number of amides is 1. The summed E-state index contributed by atoms with van der Waals surface area (Å²) in [4.78, 5) is 22.5. The summed E-state index contributed by atoms with van der Waals surface area (Å²) in [5, 5.41) is 12.8. The minimum atomic E-state index is -1.55. The van der Waals surface area contributed by atoms with E-state index in [1.807, 2.05) is 36.4 Å². The zero-order chi connectivity index (χ0) is 33.8. The lowest BCUT2D eigenvalue weighted by molar-refractivity contribution is -0.130. The number of carbonyl (C=O) groups excluding carboxylic acids is 1. The molecule has 1 amide bonds. The lowest BCUT2D eigenvalue weighted by Gasteiger charge is -2.31. The van der Waals surface area contributed by atoms with Gasteiger partial charge in [0.15, 0.2) is 11.6 Å². The van der Waals surface area contributed by atoms with Crippen molar-refractivity contribution >= 4 is 11.8 Å². The third-order valence-corrected chi connectivity index (χ3v) is 7.99. The second-order valence-electron chi connectivity index (χ2n) is 11.1. The van der Waals surface area contributed by atoms with E-state index in [1.165, 1.54) is 6.07 Å². The number of aliphatic imine (C=N–C) groups is 1. The van der Waals surface area contributed by atoms with Crippen LogP contribution in [-0.2, 0) is 28.9 Å². The third-order valence-electron chi connectivity index (χ3n) is 7.99. The molecule has 1 aliphatic rings. The van der Waals surface area contributed by atoms with Crippen LogP contribution in [0.3, 0.4) is 0 Å². The summed E-state index contributed by atoms with van der Waals surface area (Å²) in [6.45, 7) is 0.746. The number of rotatable bonds is 16. The summed E-state index contributed by atoms with van der Waals surface area (Å²) in [6, 6.07) is 28.3. The van der Waals surface area contributed by atoms with E-state index in [1.54, 1.807) is 61.7 Å². The number of carbonyl (C=O) groups is 1. The first-order valence-electron chi connectivity index (χ1n) is 15.6. The zero-order valence-electron chi connectivity index (χ0n) is 26.5. The Balaban J connectivity index is 1.54. The molecular formula is C36H37FN6O5. The highest BCUT2D eigenvalue weighted by molar-refractivity contribution is 6.01. The number of hydrazine groups is 1. The van der Waals surface area contributed by atoms with Gasteiger partial charge >= 0.3 is 0 Å². The van der Waals surface area contributed by atoms with Crippen LogP contribution in [0.2, 0.25) is 0 Å². The molecule has 0 saturated carbocycles. The standard InChI is InChI=1S/C36H37FN6O5/c1-46-31-12-6-11-27(22-31)33-36(23-28-9-2-3-10-29(28)24-40-43-38,35(45)42-39-19-18-25-8-4-5-13-32(25)37)41-34(48-33)26-14-16-30(17-15-26)47-21-7-20-44/h2-6,8-17,22,33,39,44H,7,18-21,23-24H2,1H3,(H,42,45)/t33-,36-/m0/s1. The number of benzene rings is 4. The predicted octanol–water partition coefficient (Wildman–Crippen LogP) is 5.77. The molecule has 5 rings (SSSR count). The second-order valence-corrected chi connectivity index (χ2v) is 11.1. The van der Waals surface area contributed by atoms with Crippen LogP contribution in [0.4, 0.5) is 4.39 Å². The SMILES string of the molecule is COc1cccc([C@@H]2OC(c3ccc(OCCCO)cc3)=N[C@]2(Cc2ccccc2CN=[N+]=[N-])C(=O)NNCCc2ccccc2F)c1. The molecule has 0 spiro atoms. The number of nitrogens with zero attached hydrogens (tertiary/aromatic N) is 4. The molecule has 12 heteroatoms. The molecule has 1 aliphatic heterocycles.